The van der Waals surface area contributed by atoms with Crippen LogP contribution in [0.15, 0.2) is 0 Å². The summed E-state index contributed by atoms with van der Waals surface area (Å²) < 4.78 is 0.398. The van der Waals surface area contributed by atoms with Crippen molar-refractivity contribution in [3.05, 3.63) is 0 Å². The molecule has 1 heterocycles. The van der Waals surface area contributed by atoms with Crippen molar-refractivity contribution in [3.63, 3.8) is 0 Å². The SMILES string of the molecule is CC1(C(N)C2CCCCCC2)CCCS1. The summed E-state index contributed by atoms with van der Waals surface area (Å²) in [4.78, 5) is 0. The molecule has 2 rings (SSSR count). The second-order valence-corrected chi connectivity index (χ2v) is 7.17. The highest BCUT2D eigenvalue weighted by Crippen LogP contribution is 2.43. The molecule has 2 heteroatoms. The van der Waals surface area contributed by atoms with E-state index in [4.69, 9.17) is 5.73 Å². The van der Waals surface area contributed by atoms with Gasteiger partial charge in [0.1, 0.15) is 0 Å². The van der Waals surface area contributed by atoms with E-state index in [1.807, 2.05) is 0 Å². The predicted molar refractivity (Wildman–Crippen MR) is 69.3 cm³/mol. The van der Waals surface area contributed by atoms with Gasteiger partial charge in [-0.2, -0.15) is 11.8 Å². The van der Waals surface area contributed by atoms with E-state index in [-0.39, 0.29) is 0 Å². The van der Waals surface area contributed by atoms with E-state index in [0.717, 1.165) is 5.92 Å². The summed E-state index contributed by atoms with van der Waals surface area (Å²) in [5.41, 5.74) is 6.54. The van der Waals surface area contributed by atoms with E-state index in [2.05, 4.69) is 18.7 Å². The smallest absolute Gasteiger partial charge is 0.0285 e. The van der Waals surface area contributed by atoms with Crippen LogP contribution in [0.5, 0.6) is 0 Å². The zero-order valence-corrected chi connectivity index (χ0v) is 10.8. The van der Waals surface area contributed by atoms with E-state index >= 15 is 0 Å². The highest BCUT2D eigenvalue weighted by Gasteiger charge is 2.39. The van der Waals surface area contributed by atoms with Crippen molar-refractivity contribution < 1.29 is 0 Å². The Labute approximate surface area is 98.6 Å². The van der Waals surface area contributed by atoms with Gasteiger partial charge < -0.3 is 5.73 Å². The fourth-order valence-corrected chi connectivity index (χ4v) is 4.66. The molecule has 0 radical (unpaired) electrons. The maximum atomic E-state index is 6.54. The Balaban J connectivity index is 1.95. The van der Waals surface area contributed by atoms with Crippen LogP contribution in [0, 0.1) is 5.92 Å². The van der Waals surface area contributed by atoms with Crippen molar-refractivity contribution in [1.29, 1.82) is 0 Å². The average molecular weight is 227 g/mol. The van der Waals surface area contributed by atoms with Gasteiger partial charge in [0.05, 0.1) is 0 Å². The molecular formula is C13H25NS. The summed E-state index contributed by atoms with van der Waals surface area (Å²) in [5, 5.41) is 0. The van der Waals surface area contributed by atoms with Gasteiger partial charge in [0.25, 0.3) is 0 Å². The third kappa shape index (κ3) is 2.71. The van der Waals surface area contributed by atoms with E-state index < -0.39 is 0 Å². The Bertz CT molecular complexity index is 191. The van der Waals surface area contributed by atoms with Crippen LogP contribution in [-0.2, 0) is 0 Å². The Hall–Kier alpha value is 0.310. The molecule has 0 bridgehead atoms. The lowest BCUT2D eigenvalue weighted by atomic mass is 9.82. The van der Waals surface area contributed by atoms with Gasteiger partial charge in [-0.1, -0.05) is 25.7 Å². The van der Waals surface area contributed by atoms with E-state index in [9.17, 15) is 0 Å². The van der Waals surface area contributed by atoms with E-state index in [1.54, 1.807) is 0 Å². The van der Waals surface area contributed by atoms with Crippen molar-refractivity contribution in [2.45, 2.75) is 69.1 Å². The maximum absolute atomic E-state index is 6.54. The fourth-order valence-electron chi connectivity index (χ4n) is 3.23. The molecule has 2 atom stereocenters. The fraction of sp³-hybridized carbons (Fsp3) is 1.00. The van der Waals surface area contributed by atoms with Crippen molar-refractivity contribution in [2.75, 3.05) is 5.75 Å². The van der Waals surface area contributed by atoms with Crippen molar-refractivity contribution in [2.24, 2.45) is 11.7 Å². The summed E-state index contributed by atoms with van der Waals surface area (Å²) in [6.07, 6.45) is 11.2. The predicted octanol–water partition coefficient (Wildman–Crippen LogP) is 3.57. The first kappa shape index (κ1) is 11.8. The molecular weight excluding hydrogens is 202 g/mol. The van der Waals surface area contributed by atoms with Gasteiger partial charge in [0.15, 0.2) is 0 Å². The first-order chi connectivity index (χ1) is 7.22. The number of nitrogens with two attached hydrogens (primary N) is 1. The Kier molecular flexibility index (Phi) is 4.00. The zero-order valence-electron chi connectivity index (χ0n) is 10.0. The van der Waals surface area contributed by atoms with Crippen LogP contribution in [0.2, 0.25) is 0 Å². The van der Waals surface area contributed by atoms with E-state index in [1.165, 1.54) is 57.1 Å². The number of hydrogen-bond donors (Lipinski definition) is 1. The van der Waals surface area contributed by atoms with Crippen molar-refractivity contribution in [3.8, 4) is 0 Å². The minimum Gasteiger partial charge on any atom is -0.326 e. The van der Waals surface area contributed by atoms with Gasteiger partial charge in [-0.15, -0.1) is 0 Å². The minimum absolute atomic E-state index is 0.398. The molecule has 1 saturated carbocycles. The average Bonchev–Trinajstić information content (AvgIpc) is 2.54. The normalized spacial score (nSPS) is 36.4. The van der Waals surface area contributed by atoms with Crippen LogP contribution in [-0.4, -0.2) is 16.5 Å². The highest BCUT2D eigenvalue weighted by molar-refractivity contribution is 8.00. The highest BCUT2D eigenvalue weighted by atomic mass is 32.2. The van der Waals surface area contributed by atoms with Gasteiger partial charge in [-0.3, -0.25) is 0 Å². The van der Waals surface area contributed by atoms with Crippen molar-refractivity contribution >= 4 is 11.8 Å². The lowest BCUT2D eigenvalue weighted by Crippen LogP contribution is -2.46. The van der Waals surface area contributed by atoms with Crippen LogP contribution >= 0.6 is 11.8 Å². The molecule has 2 aliphatic rings. The van der Waals surface area contributed by atoms with Gasteiger partial charge in [0, 0.05) is 10.8 Å². The van der Waals surface area contributed by atoms with E-state index in [0.29, 0.717) is 10.8 Å². The van der Waals surface area contributed by atoms with Crippen LogP contribution in [0.3, 0.4) is 0 Å². The van der Waals surface area contributed by atoms with Gasteiger partial charge in [-0.05, 0) is 44.3 Å². The molecule has 2 unspecified atom stereocenters. The lowest BCUT2D eigenvalue weighted by molar-refractivity contribution is 0.315. The third-order valence-electron chi connectivity index (χ3n) is 4.36. The Morgan fingerprint density at radius 3 is 2.33 bits per heavy atom. The second-order valence-electron chi connectivity index (χ2n) is 5.54. The summed E-state index contributed by atoms with van der Waals surface area (Å²) in [7, 11) is 0. The molecule has 88 valence electrons. The number of thioether (sulfide) groups is 1. The van der Waals surface area contributed by atoms with Gasteiger partial charge >= 0.3 is 0 Å². The first-order valence-corrected chi connectivity index (χ1v) is 7.60. The minimum atomic E-state index is 0.398. The molecule has 0 spiro atoms. The lowest BCUT2D eigenvalue weighted by Gasteiger charge is -2.36. The summed E-state index contributed by atoms with van der Waals surface area (Å²) in [5.74, 6) is 2.14. The molecule has 1 nitrogen and oxygen atoms in total. The molecule has 1 saturated heterocycles. The van der Waals surface area contributed by atoms with Gasteiger partial charge in [0.2, 0.25) is 0 Å². The molecule has 0 aromatic rings. The molecule has 0 aromatic carbocycles. The number of rotatable bonds is 2. The summed E-state index contributed by atoms with van der Waals surface area (Å²) in [6.45, 7) is 2.40. The van der Waals surface area contributed by atoms with Crippen LogP contribution in [0.25, 0.3) is 0 Å². The molecule has 1 aliphatic heterocycles. The molecule has 0 amide bonds. The Morgan fingerprint density at radius 1 is 1.13 bits per heavy atom. The van der Waals surface area contributed by atoms with Gasteiger partial charge in [-0.25, -0.2) is 0 Å². The summed E-state index contributed by atoms with van der Waals surface area (Å²) >= 11 is 2.13. The monoisotopic (exact) mass is 227 g/mol. The molecule has 2 N–H and O–H groups in total. The second kappa shape index (κ2) is 5.09. The van der Waals surface area contributed by atoms with Crippen LogP contribution in [0.4, 0.5) is 0 Å². The standard InChI is InChI=1S/C13H25NS/c1-13(9-6-10-15-13)12(14)11-7-4-2-3-5-8-11/h11-12H,2-10,14H2,1H3. The quantitative estimate of drug-likeness (QED) is 0.730. The molecule has 15 heavy (non-hydrogen) atoms. The molecule has 0 aromatic heterocycles. The third-order valence-corrected chi connectivity index (χ3v) is 5.99. The zero-order chi connectivity index (χ0) is 10.7. The number of hydrogen-bond acceptors (Lipinski definition) is 2. The molecule has 2 fully saturated rings. The van der Waals surface area contributed by atoms with Crippen LogP contribution < -0.4 is 5.73 Å². The van der Waals surface area contributed by atoms with Crippen LogP contribution in [0.1, 0.15) is 58.3 Å². The maximum Gasteiger partial charge on any atom is 0.0285 e. The first-order valence-electron chi connectivity index (χ1n) is 6.62. The Morgan fingerprint density at radius 2 is 1.80 bits per heavy atom. The molecule has 1 aliphatic carbocycles. The topological polar surface area (TPSA) is 26.0 Å². The summed E-state index contributed by atoms with van der Waals surface area (Å²) in [6, 6.07) is 0.447. The van der Waals surface area contributed by atoms with Crippen molar-refractivity contribution in [1.82, 2.24) is 0 Å². The largest absolute Gasteiger partial charge is 0.326 e.